The second kappa shape index (κ2) is 7.69. The van der Waals surface area contributed by atoms with Gasteiger partial charge in [-0.15, -0.1) is 0 Å². The van der Waals surface area contributed by atoms with E-state index >= 15 is 0 Å². The number of rotatable bonds is 6. The fourth-order valence-corrected chi connectivity index (χ4v) is 34.7. The number of allylic oxidation sites excluding steroid dienone is 2. The van der Waals surface area contributed by atoms with Gasteiger partial charge in [0.05, 0.1) is 0 Å². The standard InChI is InChI=1S/2C11H11.2C6H5.2CH3.H2Si.Ti/c2*1-2-9-7-10-5-3-4-6-11(10)8-9;2*1-2-4-6-5-3-1;;;;/h2*3-8H,2H2,1H3;2*1-5H;2*1H3;1H2;. The van der Waals surface area contributed by atoms with Crippen LogP contribution in [0.3, 0.4) is 0 Å². The maximum atomic E-state index is 2.81. The average molecular weight is 549 g/mol. The Bertz CT molecular complexity index is 1640. The first-order chi connectivity index (χ1) is 18.1. The minimum absolute atomic E-state index is 0.295. The van der Waals surface area contributed by atoms with Crippen LogP contribution < -0.4 is 7.74 Å². The molecule has 4 aromatic carbocycles. The van der Waals surface area contributed by atoms with E-state index < -0.39 is 11.5 Å². The second-order valence-corrected chi connectivity index (χ2v) is 45.3. The molecule has 0 radical (unpaired) electrons. The Morgan fingerprint density at radius 1 is 0.526 bits per heavy atom. The quantitative estimate of drug-likeness (QED) is 0.213. The van der Waals surface area contributed by atoms with E-state index in [2.05, 4.69) is 153 Å². The van der Waals surface area contributed by atoms with Crippen molar-refractivity contribution in [3.63, 3.8) is 0 Å². The van der Waals surface area contributed by atoms with Gasteiger partial charge in [0.15, 0.2) is 0 Å². The molecular weight excluding hydrogens is 508 g/mol. The topological polar surface area (TPSA) is 0 Å². The molecule has 0 saturated carbocycles. The van der Waals surface area contributed by atoms with Crippen molar-refractivity contribution in [3.05, 3.63) is 143 Å². The first-order valence-corrected chi connectivity index (χ1v) is 24.8. The van der Waals surface area contributed by atoms with Gasteiger partial charge in [0.1, 0.15) is 0 Å². The average Bonchev–Trinajstić information content (AvgIpc) is 3.55. The van der Waals surface area contributed by atoms with E-state index in [0.717, 1.165) is 12.8 Å². The molecule has 0 fully saturated rings. The summed E-state index contributed by atoms with van der Waals surface area (Å²) in [7, 11) is 2.45. The molecule has 2 aliphatic rings. The summed E-state index contributed by atoms with van der Waals surface area (Å²) in [5.74, 6) is 0. The van der Waals surface area contributed by atoms with Crippen molar-refractivity contribution < 1.29 is 11.5 Å². The van der Waals surface area contributed by atoms with Gasteiger partial charge in [-0.3, -0.25) is 0 Å². The molecule has 0 aromatic heterocycles. The van der Waals surface area contributed by atoms with Crippen molar-refractivity contribution in [3.8, 4) is 0 Å². The zero-order chi connectivity index (χ0) is 26.7. The molecule has 2 aliphatic carbocycles. The molecule has 0 nitrogen and oxygen atoms in total. The summed E-state index contributed by atoms with van der Waals surface area (Å²) in [5, 5.41) is 5.63. The fraction of sp³-hybridized carbons (Fsp3) is 0.222. The van der Waals surface area contributed by atoms with Gasteiger partial charge in [0.2, 0.25) is 0 Å². The molecule has 0 spiro atoms. The second-order valence-electron chi connectivity index (χ2n) is 14.0. The van der Waals surface area contributed by atoms with Gasteiger partial charge >= 0.3 is 227 Å². The van der Waals surface area contributed by atoms with E-state index in [-0.39, 0.29) is 0 Å². The van der Waals surface area contributed by atoms with E-state index in [1.54, 1.807) is 11.1 Å². The van der Waals surface area contributed by atoms with E-state index in [0.29, 0.717) is 8.45 Å². The first kappa shape index (κ1) is 25.6. The summed E-state index contributed by atoms with van der Waals surface area (Å²) < 4.78 is 3.67. The first-order valence-electron chi connectivity index (χ1n) is 14.3. The van der Waals surface area contributed by atoms with Crippen LogP contribution in [0.4, 0.5) is 0 Å². The Labute approximate surface area is 226 Å². The monoisotopic (exact) mass is 548 g/mol. The summed E-state index contributed by atoms with van der Waals surface area (Å²) >= 11 is -5.39. The summed E-state index contributed by atoms with van der Waals surface area (Å²) in [6, 6.07) is 42.0. The zero-order valence-electron chi connectivity index (χ0n) is 23.3. The van der Waals surface area contributed by atoms with Crippen LogP contribution in [0.5, 0.6) is 0 Å². The molecule has 2 heteroatoms. The molecule has 0 N–H and O–H groups in total. The van der Waals surface area contributed by atoms with Crippen molar-refractivity contribution in [1.82, 2.24) is 0 Å². The van der Waals surface area contributed by atoms with Crippen LogP contribution >= 0.6 is 0 Å². The van der Waals surface area contributed by atoms with Crippen molar-refractivity contribution >= 4 is 27.5 Å². The molecule has 0 bridgehead atoms. The molecule has 2 unspecified atom stereocenters. The molecule has 6 rings (SSSR count). The van der Waals surface area contributed by atoms with Crippen molar-refractivity contribution in [2.45, 2.75) is 45.6 Å². The van der Waals surface area contributed by atoms with Crippen molar-refractivity contribution in [1.29, 1.82) is 0 Å². The molecule has 38 heavy (non-hydrogen) atoms. The van der Waals surface area contributed by atoms with Crippen LogP contribution in [0.2, 0.25) is 10.5 Å². The van der Waals surface area contributed by atoms with Crippen LogP contribution in [0.25, 0.3) is 12.2 Å². The normalized spacial score (nSPS) is 21.2. The maximum absolute atomic E-state index is 5.39. The molecule has 2 atom stereocenters. The van der Waals surface area contributed by atoms with Gasteiger partial charge in [-0.1, -0.05) is 0 Å². The molecule has 0 amide bonds. The molecule has 4 aromatic rings. The van der Waals surface area contributed by atoms with Gasteiger partial charge < -0.3 is 0 Å². The molecule has 0 saturated heterocycles. The van der Waals surface area contributed by atoms with Gasteiger partial charge in [0.25, 0.3) is 0 Å². The Kier molecular flexibility index (Phi) is 5.17. The minimum atomic E-state index is -5.39. The Morgan fingerprint density at radius 2 is 0.868 bits per heavy atom. The number of fused-ring (bicyclic) bond motifs is 2. The van der Waals surface area contributed by atoms with Gasteiger partial charge in [-0.25, -0.2) is 0 Å². The van der Waals surface area contributed by atoms with Crippen LogP contribution in [-0.4, -0.2) is 7.63 Å². The molecule has 0 aliphatic heterocycles. The summed E-state index contributed by atoms with van der Waals surface area (Å²) in [6.45, 7) is 4.73. The van der Waals surface area contributed by atoms with Crippen molar-refractivity contribution in [2.75, 3.05) is 0 Å². The van der Waals surface area contributed by atoms with Crippen LogP contribution in [0.15, 0.2) is 120 Å². The Morgan fingerprint density at radius 3 is 1.24 bits per heavy atom. The predicted octanol–water partition coefficient (Wildman–Crippen LogP) is 8.14. The van der Waals surface area contributed by atoms with Crippen LogP contribution in [-0.2, 0) is 11.5 Å². The molecular formula is C36H40SiTi. The van der Waals surface area contributed by atoms with Crippen molar-refractivity contribution in [2.24, 2.45) is 0 Å². The van der Waals surface area contributed by atoms with Gasteiger partial charge in [0, 0.05) is 0 Å². The number of hydrogen-bond acceptors (Lipinski definition) is 0. The Hall–Kier alpha value is -2.71. The predicted molar refractivity (Wildman–Crippen MR) is 167 cm³/mol. The third-order valence-corrected chi connectivity index (χ3v) is 36.9. The fourth-order valence-electron chi connectivity index (χ4n) is 9.64. The van der Waals surface area contributed by atoms with E-state index in [9.17, 15) is 0 Å². The third-order valence-electron chi connectivity index (χ3n) is 11.4. The molecule has 192 valence electrons. The SMILES string of the molecule is CCC1=Cc2ccccc2[CH]1[Ti]([CH3])([CH3])(=[SiH2])([c]1ccccc1)([c]1ccccc1)[CH]1C(CC)=Cc2ccccc21. The van der Waals surface area contributed by atoms with Gasteiger partial charge in [-0.2, -0.15) is 0 Å². The summed E-state index contributed by atoms with van der Waals surface area (Å²) in [5.41, 5.74) is 8.97. The van der Waals surface area contributed by atoms with Crippen LogP contribution in [0, 0.1) is 0 Å². The van der Waals surface area contributed by atoms with Gasteiger partial charge in [-0.05, 0) is 0 Å². The number of hydrogen-bond donors (Lipinski definition) is 0. The Balaban J connectivity index is 1.96. The van der Waals surface area contributed by atoms with E-state index in [1.165, 1.54) is 30.0 Å². The number of benzene rings is 4. The van der Waals surface area contributed by atoms with E-state index in [4.69, 9.17) is 0 Å². The third kappa shape index (κ3) is 2.80. The van der Waals surface area contributed by atoms with E-state index in [1.807, 2.05) is 0 Å². The summed E-state index contributed by atoms with van der Waals surface area (Å²) in [4.78, 5) is 0. The molecule has 0 heterocycles. The van der Waals surface area contributed by atoms with Crippen LogP contribution in [0.1, 0.15) is 57.4 Å². The zero-order valence-corrected chi connectivity index (χ0v) is 26.3. The summed E-state index contributed by atoms with van der Waals surface area (Å²) in [6.07, 6.45) is 7.16.